The zero-order chi connectivity index (χ0) is 12.8. The number of halogens is 1. The number of nitrogens with zero attached hydrogens (tertiary/aromatic N) is 1. The maximum absolute atomic E-state index is 3.65. The lowest BCUT2D eigenvalue weighted by molar-refractivity contribution is 0.183. The van der Waals surface area contributed by atoms with Gasteiger partial charge in [0.1, 0.15) is 0 Å². The summed E-state index contributed by atoms with van der Waals surface area (Å²) in [7, 11) is 0. The molecule has 18 heavy (non-hydrogen) atoms. The van der Waals surface area contributed by atoms with Gasteiger partial charge in [0, 0.05) is 23.6 Å². The van der Waals surface area contributed by atoms with Crippen LogP contribution in [0.5, 0.6) is 0 Å². The fraction of sp³-hybridized carbons (Fsp3) is 0.600. The van der Waals surface area contributed by atoms with Crippen LogP contribution in [0.4, 0.5) is 0 Å². The van der Waals surface area contributed by atoms with Crippen LogP contribution in [0.3, 0.4) is 0 Å². The molecular formula is C15H23BrN2. The summed E-state index contributed by atoms with van der Waals surface area (Å²) in [6, 6.07) is 9.38. The molecule has 1 unspecified atom stereocenters. The topological polar surface area (TPSA) is 15.3 Å². The molecule has 1 aromatic rings. The van der Waals surface area contributed by atoms with Gasteiger partial charge in [0.05, 0.1) is 0 Å². The van der Waals surface area contributed by atoms with Gasteiger partial charge in [-0.15, -0.1) is 0 Å². The largest absolute Gasteiger partial charge is 0.313 e. The van der Waals surface area contributed by atoms with Crippen molar-refractivity contribution in [3.05, 3.63) is 34.3 Å². The van der Waals surface area contributed by atoms with Gasteiger partial charge in [0.15, 0.2) is 0 Å². The van der Waals surface area contributed by atoms with Crippen LogP contribution in [0.2, 0.25) is 0 Å². The molecule has 0 aliphatic carbocycles. The molecule has 1 heterocycles. The molecule has 100 valence electrons. The summed E-state index contributed by atoms with van der Waals surface area (Å²) in [5.74, 6) is 0. The van der Waals surface area contributed by atoms with Gasteiger partial charge in [-0.1, -0.05) is 35.0 Å². The lowest BCUT2D eigenvalue weighted by Gasteiger charge is -2.33. The summed E-state index contributed by atoms with van der Waals surface area (Å²) < 4.78 is 1.16. The average molecular weight is 311 g/mol. The van der Waals surface area contributed by atoms with Crippen molar-refractivity contribution >= 4 is 15.9 Å². The van der Waals surface area contributed by atoms with Crippen molar-refractivity contribution in [1.29, 1.82) is 0 Å². The van der Waals surface area contributed by atoms with Crippen molar-refractivity contribution in [3.63, 3.8) is 0 Å². The molecule has 1 aromatic carbocycles. The zero-order valence-corrected chi connectivity index (χ0v) is 12.7. The Bertz CT molecular complexity index is 350. The van der Waals surface area contributed by atoms with Gasteiger partial charge in [0.25, 0.3) is 0 Å². The second kappa shape index (κ2) is 7.27. The quantitative estimate of drug-likeness (QED) is 0.896. The number of hydrogen-bond acceptors (Lipinski definition) is 2. The smallest absolute Gasteiger partial charge is 0.0234 e. The normalized spacial score (nSPS) is 21.1. The molecule has 0 radical (unpaired) electrons. The van der Waals surface area contributed by atoms with E-state index in [1.807, 2.05) is 0 Å². The SMILES string of the molecule is CCCNC1CCCN(Cc2ccc(Br)cc2)C1. The molecule has 1 aliphatic heterocycles. The first-order valence-electron chi connectivity index (χ1n) is 6.98. The first-order valence-corrected chi connectivity index (χ1v) is 7.77. The minimum absolute atomic E-state index is 0.689. The van der Waals surface area contributed by atoms with E-state index < -0.39 is 0 Å². The fourth-order valence-electron chi connectivity index (χ4n) is 2.56. The highest BCUT2D eigenvalue weighted by Crippen LogP contribution is 2.16. The fourth-order valence-corrected chi connectivity index (χ4v) is 2.83. The highest BCUT2D eigenvalue weighted by molar-refractivity contribution is 9.10. The molecule has 0 spiro atoms. The Hall–Kier alpha value is -0.380. The Morgan fingerprint density at radius 1 is 1.33 bits per heavy atom. The van der Waals surface area contributed by atoms with E-state index in [0.717, 1.165) is 17.6 Å². The molecule has 2 rings (SSSR count). The Balaban J connectivity index is 1.83. The number of likely N-dealkylation sites (tertiary alicyclic amines) is 1. The van der Waals surface area contributed by atoms with E-state index in [1.54, 1.807) is 0 Å². The minimum atomic E-state index is 0.689. The molecule has 3 heteroatoms. The van der Waals surface area contributed by atoms with Gasteiger partial charge < -0.3 is 5.32 Å². The van der Waals surface area contributed by atoms with E-state index in [4.69, 9.17) is 0 Å². The van der Waals surface area contributed by atoms with Crippen LogP contribution in [-0.4, -0.2) is 30.6 Å². The highest BCUT2D eigenvalue weighted by Gasteiger charge is 2.18. The molecule has 0 aromatic heterocycles. The minimum Gasteiger partial charge on any atom is -0.313 e. The maximum Gasteiger partial charge on any atom is 0.0234 e. The van der Waals surface area contributed by atoms with Crippen molar-refractivity contribution in [3.8, 4) is 0 Å². The van der Waals surface area contributed by atoms with Crippen LogP contribution in [0, 0.1) is 0 Å². The molecule has 0 saturated carbocycles. The van der Waals surface area contributed by atoms with Crippen LogP contribution in [0.1, 0.15) is 31.7 Å². The van der Waals surface area contributed by atoms with Crippen LogP contribution < -0.4 is 5.32 Å². The monoisotopic (exact) mass is 310 g/mol. The molecule has 1 N–H and O–H groups in total. The van der Waals surface area contributed by atoms with Crippen LogP contribution in [-0.2, 0) is 6.54 Å². The van der Waals surface area contributed by atoms with Crippen molar-refractivity contribution in [2.24, 2.45) is 0 Å². The third-order valence-electron chi connectivity index (χ3n) is 3.51. The standard InChI is InChI=1S/C15H23BrN2/c1-2-9-17-15-4-3-10-18(12-15)11-13-5-7-14(16)8-6-13/h5-8,15,17H,2-4,9-12H2,1H3. The predicted molar refractivity (Wildman–Crippen MR) is 80.7 cm³/mol. The third kappa shape index (κ3) is 4.38. The van der Waals surface area contributed by atoms with E-state index in [2.05, 4.69) is 57.3 Å². The molecule has 1 fully saturated rings. The number of benzene rings is 1. The van der Waals surface area contributed by atoms with E-state index in [9.17, 15) is 0 Å². The van der Waals surface area contributed by atoms with E-state index in [1.165, 1.54) is 37.9 Å². The molecule has 2 nitrogen and oxygen atoms in total. The summed E-state index contributed by atoms with van der Waals surface area (Å²) in [5, 5.41) is 3.65. The predicted octanol–water partition coefficient (Wildman–Crippen LogP) is 3.41. The highest BCUT2D eigenvalue weighted by atomic mass is 79.9. The van der Waals surface area contributed by atoms with Gasteiger partial charge >= 0.3 is 0 Å². The molecule has 0 bridgehead atoms. The molecule has 1 atom stereocenters. The summed E-state index contributed by atoms with van der Waals surface area (Å²) in [4.78, 5) is 2.57. The summed E-state index contributed by atoms with van der Waals surface area (Å²) in [5.41, 5.74) is 1.41. The van der Waals surface area contributed by atoms with Gasteiger partial charge in [-0.25, -0.2) is 0 Å². The molecule has 1 saturated heterocycles. The first-order chi connectivity index (χ1) is 8.78. The number of hydrogen-bond donors (Lipinski definition) is 1. The molecule has 1 aliphatic rings. The first kappa shape index (κ1) is 14.0. The lowest BCUT2D eigenvalue weighted by Crippen LogP contribution is -2.45. The van der Waals surface area contributed by atoms with Crippen LogP contribution in [0.15, 0.2) is 28.7 Å². The Morgan fingerprint density at radius 3 is 2.83 bits per heavy atom. The Labute approximate surface area is 119 Å². The molecular weight excluding hydrogens is 288 g/mol. The van der Waals surface area contributed by atoms with Crippen molar-refractivity contribution in [2.75, 3.05) is 19.6 Å². The summed E-state index contributed by atoms with van der Waals surface area (Å²) in [6.07, 6.45) is 3.87. The summed E-state index contributed by atoms with van der Waals surface area (Å²) in [6.45, 7) is 6.89. The Kier molecular flexibility index (Phi) is 5.67. The van der Waals surface area contributed by atoms with Crippen molar-refractivity contribution in [2.45, 2.75) is 38.8 Å². The van der Waals surface area contributed by atoms with E-state index in [-0.39, 0.29) is 0 Å². The van der Waals surface area contributed by atoms with E-state index in [0.29, 0.717) is 6.04 Å². The van der Waals surface area contributed by atoms with E-state index >= 15 is 0 Å². The van der Waals surface area contributed by atoms with Crippen LogP contribution >= 0.6 is 15.9 Å². The number of rotatable bonds is 5. The van der Waals surface area contributed by atoms with Crippen molar-refractivity contribution < 1.29 is 0 Å². The number of nitrogens with one attached hydrogen (secondary N) is 1. The zero-order valence-electron chi connectivity index (χ0n) is 11.2. The van der Waals surface area contributed by atoms with Crippen molar-refractivity contribution in [1.82, 2.24) is 10.2 Å². The van der Waals surface area contributed by atoms with Crippen LogP contribution in [0.25, 0.3) is 0 Å². The van der Waals surface area contributed by atoms with Gasteiger partial charge in [-0.2, -0.15) is 0 Å². The molecule has 0 amide bonds. The average Bonchev–Trinajstić information content (AvgIpc) is 2.40. The summed E-state index contributed by atoms with van der Waals surface area (Å²) >= 11 is 3.49. The Morgan fingerprint density at radius 2 is 2.11 bits per heavy atom. The van der Waals surface area contributed by atoms with Gasteiger partial charge in [-0.3, -0.25) is 4.90 Å². The third-order valence-corrected chi connectivity index (χ3v) is 4.04. The van der Waals surface area contributed by atoms with Gasteiger partial charge in [-0.05, 0) is 50.0 Å². The second-order valence-electron chi connectivity index (χ2n) is 5.15. The maximum atomic E-state index is 3.65. The lowest BCUT2D eigenvalue weighted by atomic mass is 10.0. The second-order valence-corrected chi connectivity index (χ2v) is 6.07. The van der Waals surface area contributed by atoms with Gasteiger partial charge in [0.2, 0.25) is 0 Å². The number of piperidine rings is 1.